The first-order valence-electron chi connectivity index (χ1n) is 4.89. The highest BCUT2D eigenvalue weighted by atomic mass is 79.9. The molecule has 0 aromatic heterocycles. The monoisotopic (exact) mass is 272 g/mol. The topological polar surface area (TPSA) is 0 Å². The van der Waals surface area contributed by atoms with Crippen molar-refractivity contribution in [2.75, 3.05) is 11.1 Å². The maximum absolute atomic E-state index is 3.51. The van der Waals surface area contributed by atoms with Gasteiger partial charge in [-0.3, -0.25) is 0 Å². The van der Waals surface area contributed by atoms with Gasteiger partial charge in [0.05, 0.1) is 0 Å². The van der Waals surface area contributed by atoms with Crippen LogP contribution in [0.25, 0.3) is 0 Å². The number of alkyl halides is 1. The van der Waals surface area contributed by atoms with Crippen LogP contribution in [0.5, 0.6) is 0 Å². The summed E-state index contributed by atoms with van der Waals surface area (Å²) in [4.78, 5) is 1.42. The highest BCUT2D eigenvalue weighted by Crippen LogP contribution is 2.25. The standard InChI is InChI=1S/C12H17BrS/c1-9-4-5-12(11(3)6-9)14-8-10(2)7-13/h4-6,10H,7-8H2,1-3H3. The molecule has 0 radical (unpaired) electrons. The van der Waals surface area contributed by atoms with E-state index in [0.717, 1.165) is 11.2 Å². The van der Waals surface area contributed by atoms with E-state index in [2.05, 4.69) is 54.9 Å². The quantitative estimate of drug-likeness (QED) is 0.577. The zero-order valence-electron chi connectivity index (χ0n) is 9.01. The molecule has 2 heteroatoms. The molecule has 0 aliphatic heterocycles. The molecule has 0 saturated carbocycles. The summed E-state index contributed by atoms with van der Waals surface area (Å²) in [5.41, 5.74) is 2.75. The second-order valence-corrected chi connectivity index (χ2v) is 5.55. The lowest BCUT2D eigenvalue weighted by atomic mass is 10.2. The summed E-state index contributed by atoms with van der Waals surface area (Å²) in [6.45, 7) is 6.60. The van der Waals surface area contributed by atoms with Crippen LogP contribution in [-0.4, -0.2) is 11.1 Å². The predicted molar refractivity (Wildman–Crippen MR) is 69.6 cm³/mol. The second kappa shape index (κ2) is 5.82. The fourth-order valence-corrected chi connectivity index (χ4v) is 2.80. The Morgan fingerprint density at radius 1 is 1.36 bits per heavy atom. The van der Waals surface area contributed by atoms with Gasteiger partial charge in [-0.2, -0.15) is 0 Å². The molecule has 0 amide bonds. The fraction of sp³-hybridized carbons (Fsp3) is 0.500. The van der Waals surface area contributed by atoms with E-state index in [1.807, 2.05) is 11.8 Å². The molecule has 0 spiro atoms. The van der Waals surface area contributed by atoms with E-state index < -0.39 is 0 Å². The van der Waals surface area contributed by atoms with Crippen molar-refractivity contribution in [2.45, 2.75) is 25.7 Å². The van der Waals surface area contributed by atoms with Crippen LogP contribution in [0.1, 0.15) is 18.1 Å². The molecule has 0 aliphatic rings. The first-order chi connectivity index (χ1) is 6.63. The van der Waals surface area contributed by atoms with Crippen LogP contribution >= 0.6 is 27.7 Å². The van der Waals surface area contributed by atoms with Crippen molar-refractivity contribution in [3.8, 4) is 0 Å². The van der Waals surface area contributed by atoms with Crippen LogP contribution in [0.3, 0.4) is 0 Å². The molecule has 1 rings (SSSR count). The molecule has 78 valence electrons. The van der Waals surface area contributed by atoms with Gasteiger partial charge in [-0.05, 0) is 31.4 Å². The van der Waals surface area contributed by atoms with Gasteiger partial charge in [0.1, 0.15) is 0 Å². The lowest BCUT2D eigenvalue weighted by Crippen LogP contribution is -1.98. The van der Waals surface area contributed by atoms with Gasteiger partial charge >= 0.3 is 0 Å². The molecule has 0 heterocycles. The molecule has 1 aromatic rings. The van der Waals surface area contributed by atoms with Crippen LogP contribution in [0.15, 0.2) is 23.1 Å². The van der Waals surface area contributed by atoms with Gasteiger partial charge in [0, 0.05) is 16.0 Å². The number of hydrogen-bond donors (Lipinski definition) is 0. The minimum absolute atomic E-state index is 0.737. The summed E-state index contributed by atoms with van der Waals surface area (Å²) >= 11 is 5.46. The SMILES string of the molecule is Cc1ccc(SCC(C)CBr)c(C)c1. The van der Waals surface area contributed by atoms with E-state index in [4.69, 9.17) is 0 Å². The number of halogens is 1. The van der Waals surface area contributed by atoms with Crippen molar-refractivity contribution in [2.24, 2.45) is 5.92 Å². The number of aryl methyl sites for hydroxylation is 2. The third-order valence-corrected chi connectivity index (χ3v) is 4.73. The van der Waals surface area contributed by atoms with Crippen LogP contribution in [-0.2, 0) is 0 Å². The molecular formula is C12H17BrS. The molecule has 0 saturated heterocycles. The van der Waals surface area contributed by atoms with Crippen LogP contribution in [0.4, 0.5) is 0 Å². The smallest absolute Gasteiger partial charge is 0.0101 e. The van der Waals surface area contributed by atoms with Crippen molar-refractivity contribution in [3.05, 3.63) is 29.3 Å². The molecule has 0 nitrogen and oxygen atoms in total. The summed E-state index contributed by atoms with van der Waals surface area (Å²) in [5.74, 6) is 1.93. The first kappa shape index (κ1) is 12.1. The zero-order chi connectivity index (χ0) is 10.6. The number of hydrogen-bond acceptors (Lipinski definition) is 1. The Labute approximate surface area is 99.6 Å². The zero-order valence-corrected chi connectivity index (χ0v) is 11.4. The molecule has 1 unspecified atom stereocenters. The average Bonchev–Trinajstić information content (AvgIpc) is 2.16. The van der Waals surface area contributed by atoms with E-state index >= 15 is 0 Å². The Balaban J connectivity index is 2.59. The Hall–Kier alpha value is 0.0500. The second-order valence-electron chi connectivity index (χ2n) is 3.84. The summed E-state index contributed by atoms with van der Waals surface area (Å²) < 4.78 is 0. The molecular weight excluding hydrogens is 256 g/mol. The van der Waals surface area contributed by atoms with E-state index in [1.54, 1.807) is 0 Å². The van der Waals surface area contributed by atoms with E-state index in [1.165, 1.54) is 21.8 Å². The maximum Gasteiger partial charge on any atom is 0.0101 e. The Morgan fingerprint density at radius 2 is 2.07 bits per heavy atom. The number of rotatable bonds is 4. The fourth-order valence-electron chi connectivity index (χ4n) is 1.24. The molecule has 0 bridgehead atoms. The van der Waals surface area contributed by atoms with Gasteiger partial charge in [-0.1, -0.05) is 40.5 Å². The van der Waals surface area contributed by atoms with Crippen molar-refractivity contribution in [1.82, 2.24) is 0 Å². The summed E-state index contributed by atoms with van der Waals surface area (Å²) in [6.07, 6.45) is 0. The normalized spacial score (nSPS) is 12.9. The summed E-state index contributed by atoms with van der Waals surface area (Å²) in [6, 6.07) is 6.67. The van der Waals surface area contributed by atoms with Crippen LogP contribution in [0.2, 0.25) is 0 Å². The Kier molecular flexibility index (Phi) is 5.04. The molecule has 14 heavy (non-hydrogen) atoms. The lowest BCUT2D eigenvalue weighted by molar-refractivity contribution is 0.770. The third kappa shape index (κ3) is 3.66. The number of benzene rings is 1. The van der Waals surface area contributed by atoms with E-state index in [0.29, 0.717) is 0 Å². The van der Waals surface area contributed by atoms with Gasteiger partial charge in [-0.25, -0.2) is 0 Å². The van der Waals surface area contributed by atoms with Crippen molar-refractivity contribution >= 4 is 27.7 Å². The Bertz CT molecular complexity index is 296. The van der Waals surface area contributed by atoms with Crippen LogP contribution < -0.4 is 0 Å². The van der Waals surface area contributed by atoms with Crippen molar-refractivity contribution in [1.29, 1.82) is 0 Å². The highest BCUT2D eigenvalue weighted by molar-refractivity contribution is 9.09. The first-order valence-corrected chi connectivity index (χ1v) is 7.00. The average molecular weight is 273 g/mol. The van der Waals surface area contributed by atoms with Gasteiger partial charge in [0.2, 0.25) is 0 Å². The van der Waals surface area contributed by atoms with Crippen molar-refractivity contribution < 1.29 is 0 Å². The highest BCUT2D eigenvalue weighted by Gasteiger charge is 2.03. The van der Waals surface area contributed by atoms with Gasteiger partial charge < -0.3 is 0 Å². The third-order valence-electron chi connectivity index (χ3n) is 2.12. The predicted octanol–water partition coefficient (Wildman–Crippen LogP) is 4.43. The Morgan fingerprint density at radius 3 is 2.64 bits per heavy atom. The summed E-state index contributed by atoms with van der Waals surface area (Å²) in [7, 11) is 0. The van der Waals surface area contributed by atoms with E-state index in [-0.39, 0.29) is 0 Å². The molecule has 0 aliphatic carbocycles. The number of thioether (sulfide) groups is 1. The summed E-state index contributed by atoms with van der Waals surface area (Å²) in [5, 5.41) is 1.09. The molecule has 1 aromatic carbocycles. The lowest BCUT2D eigenvalue weighted by Gasteiger charge is -2.09. The minimum Gasteiger partial charge on any atom is -0.126 e. The molecule has 0 N–H and O–H groups in total. The minimum atomic E-state index is 0.737. The van der Waals surface area contributed by atoms with E-state index in [9.17, 15) is 0 Å². The van der Waals surface area contributed by atoms with Gasteiger partial charge in [0.15, 0.2) is 0 Å². The van der Waals surface area contributed by atoms with Crippen LogP contribution in [0, 0.1) is 19.8 Å². The van der Waals surface area contributed by atoms with Gasteiger partial charge in [-0.15, -0.1) is 11.8 Å². The van der Waals surface area contributed by atoms with Gasteiger partial charge in [0.25, 0.3) is 0 Å². The molecule has 0 fully saturated rings. The molecule has 1 atom stereocenters. The van der Waals surface area contributed by atoms with Crippen molar-refractivity contribution in [3.63, 3.8) is 0 Å². The maximum atomic E-state index is 3.51. The largest absolute Gasteiger partial charge is 0.126 e.